The van der Waals surface area contributed by atoms with E-state index in [1.807, 2.05) is 0 Å². The van der Waals surface area contributed by atoms with Crippen LogP contribution in [0.5, 0.6) is 0 Å². The average Bonchev–Trinajstić information content (AvgIpc) is 2.26. The second-order valence-electron chi connectivity index (χ2n) is 3.44. The fraction of sp³-hybridized carbons (Fsp3) is 0.273. The lowest BCUT2D eigenvalue weighted by atomic mass is 10.3. The number of aliphatic imine (C=N–C) groups is 1. The molecular weight excluding hydrogens is 240 g/mol. The van der Waals surface area contributed by atoms with Crippen LogP contribution in [-0.4, -0.2) is 33.3 Å². The third kappa shape index (κ3) is 4.36. The van der Waals surface area contributed by atoms with Gasteiger partial charge in [-0.2, -0.15) is 0 Å². The van der Waals surface area contributed by atoms with E-state index >= 15 is 0 Å². The lowest BCUT2D eigenvalue weighted by Crippen LogP contribution is -2.14. The van der Waals surface area contributed by atoms with Gasteiger partial charge < -0.3 is 5.32 Å². The highest BCUT2D eigenvalue weighted by Gasteiger charge is 2.06. The van der Waals surface area contributed by atoms with Crippen molar-refractivity contribution >= 4 is 27.6 Å². The molecule has 0 atom stereocenters. The summed E-state index contributed by atoms with van der Waals surface area (Å²) in [7, 11) is -3.20. The zero-order chi connectivity index (χ0) is 12.9. The number of hydrogen-bond acceptors (Lipinski definition) is 4. The number of hydrogen-bond donors (Lipinski definition) is 1. The molecule has 0 saturated heterocycles. The van der Waals surface area contributed by atoms with Gasteiger partial charge in [-0.15, -0.1) is 0 Å². The van der Waals surface area contributed by atoms with E-state index in [0.29, 0.717) is 5.69 Å². The van der Waals surface area contributed by atoms with Gasteiger partial charge in [0, 0.05) is 11.9 Å². The molecule has 0 aliphatic carbocycles. The van der Waals surface area contributed by atoms with Crippen molar-refractivity contribution in [3.63, 3.8) is 0 Å². The summed E-state index contributed by atoms with van der Waals surface area (Å²) >= 11 is 0. The van der Waals surface area contributed by atoms with Crippen LogP contribution in [0.15, 0.2) is 34.2 Å². The molecule has 0 aromatic heterocycles. The Kier molecular flexibility index (Phi) is 4.39. The molecule has 1 aromatic rings. The Bertz CT molecular complexity index is 518. The van der Waals surface area contributed by atoms with Gasteiger partial charge >= 0.3 is 0 Å². The number of sulfone groups is 1. The largest absolute Gasteiger partial charge is 0.324 e. The molecule has 0 bridgehead atoms. The summed E-state index contributed by atoms with van der Waals surface area (Å²) in [6.07, 6.45) is 2.68. The molecule has 0 radical (unpaired) electrons. The summed E-state index contributed by atoms with van der Waals surface area (Å²) in [4.78, 5) is 15.3. The maximum atomic E-state index is 11.3. The Morgan fingerprint density at radius 1 is 1.35 bits per heavy atom. The van der Waals surface area contributed by atoms with Crippen molar-refractivity contribution in [1.82, 2.24) is 0 Å². The van der Waals surface area contributed by atoms with Crippen molar-refractivity contribution in [3.8, 4) is 0 Å². The molecule has 0 saturated carbocycles. The molecule has 0 heterocycles. The zero-order valence-electron chi connectivity index (χ0n) is 9.67. The number of anilines is 1. The standard InChI is InChI=1S/C11H14N2O3S/c1-3-12-8-11(14)13-9-4-6-10(7-5-9)17(2,15)16/h3-7H,8H2,1-2H3,(H,13,14). The molecule has 17 heavy (non-hydrogen) atoms. The highest BCUT2D eigenvalue weighted by molar-refractivity contribution is 7.90. The molecule has 1 aromatic carbocycles. The number of amides is 1. The van der Waals surface area contributed by atoms with Crippen LogP contribution < -0.4 is 5.32 Å². The van der Waals surface area contributed by atoms with Crippen LogP contribution in [0.3, 0.4) is 0 Å². The molecule has 0 aliphatic rings. The summed E-state index contributed by atoms with van der Waals surface area (Å²) in [6, 6.07) is 6.00. The van der Waals surface area contributed by atoms with E-state index in [2.05, 4.69) is 10.3 Å². The monoisotopic (exact) mass is 254 g/mol. The predicted molar refractivity (Wildman–Crippen MR) is 67.2 cm³/mol. The van der Waals surface area contributed by atoms with Gasteiger partial charge in [0.15, 0.2) is 9.84 Å². The third-order valence-electron chi connectivity index (χ3n) is 1.98. The van der Waals surface area contributed by atoms with Crippen molar-refractivity contribution < 1.29 is 13.2 Å². The highest BCUT2D eigenvalue weighted by atomic mass is 32.2. The summed E-state index contributed by atoms with van der Waals surface area (Å²) in [6.45, 7) is 1.79. The van der Waals surface area contributed by atoms with Gasteiger partial charge in [-0.1, -0.05) is 0 Å². The van der Waals surface area contributed by atoms with E-state index in [4.69, 9.17) is 0 Å². The number of carbonyl (C=O) groups is 1. The number of nitrogens with one attached hydrogen (secondary N) is 1. The first kappa shape index (κ1) is 13.4. The van der Waals surface area contributed by atoms with Crippen molar-refractivity contribution in [1.29, 1.82) is 0 Å². The maximum Gasteiger partial charge on any atom is 0.246 e. The minimum Gasteiger partial charge on any atom is -0.324 e. The van der Waals surface area contributed by atoms with Crippen LogP contribution in [0, 0.1) is 0 Å². The Balaban J connectivity index is 2.72. The molecule has 1 N–H and O–H groups in total. The number of benzene rings is 1. The lowest BCUT2D eigenvalue weighted by molar-refractivity contribution is -0.114. The van der Waals surface area contributed by atoms with Crippen LogP contribution in [0.2, 0.25) is 0 Å². The van der Waals surface area contributed by atoms with Crippen LogP contribution >= 0.6 is 0 Å². The fourth-order valence-electron chi connectivity index (χ4n) is 1.16. The van der Waals surface area contributed by atoms with Gasteiger partial charge in [0.2, 0.25) is 5.91 Å². The van der Waals surface area contributed by atoms with Gasteiger partial charge in [0.05, 0.1) is 4.90 Å². The molecule has 0 spiro atoms. The topological polar surface area (TPSA) is 75.6 Å². The number of nitrogens with zero attached hydrogens (tertiary/aromatic N) is 1. The Morgan fingerprint density at radius 2 is 1.94 bits per heavy atom. The number of rotatable bonds is 4. The molecule has 92 valence electrons. The van der Waals surface area contributed by atoms with Gasteiger partial charge in [-0.3, -0.25) is 9.79 Å². The molecule has 1 rings (SSSR count). The molecule has 0 aliphatic heterocycles. The first-order valence-corrected chi connectivity index (χ1v) is 6.87. The summed E-state index contributed by atoms with van der Waals surface area (Å²) in [5.74, 6) is -0.241. The first-order chi connectivity index (χ1) is 7.93. The van der Waals surface area contributed by atoms with Crippen LogP contribution in [0.25, 0.3) is 0 Å². The van der Waals surface area contributed by atoms with E-state index < -0.39 is 9.84 Å². The Morgan fingerprint density at radius 3 is 2.41 bits per heavy atom. The second kappa shape index (κ2) is 5.58. The first-order valence-electron chi connectivity index (χ1n) is 4.98. The maximum absolute atomic E-state index is 11.3. The minimum absolute atomic E-state index is 0.0598. The Labute approximate surface area is 100 Å². The normalized spacial score (nSPS) is 11.6. The van der Waals surface area contributed by atoms with E-state index in [0.717, 1.165) is 6.26 Å². The van der Waals surface area contributed by atoms with Gasteiger partial charge in [0.1, 0.15) is 6.54 Å². The third-order valence-corrected chi connectivity index (χ3v) is 3.11. The molecule has 6 heteroatoms. The van der Waals surface area contributed by atoms with Crippen LogP contribution in [0.4, 0.5) is 5.69 Å². The average molecular weight is 254 g/mol. The molecule has 0 fully saturated rings. The number of carbonyl (C=O) groups excluding carboxylic acids is 1. The second-order valence-corrected chi connectivity index (χ2v) is 5.46. The van der Waals surface area contributed by atoms with Crippen molar-refractivity contribution in [2.45, 2.75) is 11.8 Å². The molecule has 5 nitrogen and oxygen atoms in total. The van der Waals surface area contributed by atoms with E-state index in [1.165, 1.54) is 12.1 Å². The summed E-state index contributed by atoms with van der Waals surface area (Å²) in [5, 5.41) is 2.61. The van der Waals surface area contributed by atoms with Crippen molar-refractivity contribution in [2.75, 3.05) is 18.1 Å². The van der Waals surface area contributed by atoms with Crippen LogP contribution in [-0.2, 0) is 14.6 Å². The van der Waals surface area contributed by atoms with E-state index in [1.54, 1.807) is 25.3 Å². The predicted octanol–water partition coefficient (Wildman–Crippen LogP) is 1.12. The fourth-order valence-corrected chi connectivity index (χ4v) is 1.79. The van der Waals surface area contributed by atoms with Gasteiger partial charge in [0.25, 0.3) is 0 Å². The summed E-state index contributed by atoms with van der Waals surface area (Å²) in [5.41, 5.74) is 0.550. The van der Waals surface area contributed by atoms with Crippen molar-refractivity contribution in [3.05, 3.63) is 24.3 Å². The summed E-state index contributed by atoms with van der Waals surface area (Å²) < 4.78 is 22.4. The van der Waals surface area contributed by atoms with Crippen molar-refractivity contribution in [2.24, 2.45) is 4.99 Å². The zero-order valence-corrected chi connectivity index (χ0v) is 10.5. The van der Waals surface area contributed by atoms with E-state index in [9.17, 15) is 13.2 Å². The van der Waals surface area contributed by atoms with Crippen LogP contribution in [0.1, 0.15) is 6.92 Å². The Hall–Kier alpha value is -1.69. The molecular formula is C11H14N2O3S. The van der Waals surface area contributed by atoms with Gasteiger partial charge in [-0.05, 0) is 37.4 Å². The smallest absolute Gasteiger partial charge is 0.246 e. The SMILES string of the molecule is CC=NCC(=O)Nc1ccc(S(C)(=O)=O)cc1. The quantitative estimate of drug-likeness (QED) is 0.818. The lowest BCUT2D eigenvalue weighted by Gasteiger charge is -2.04. The minimum atomic E-state index is -3.20. The van der Waals surface area contributed by atoms with Gasteiger partial charge in [-0.25, -0.2) is 8.42 Å². The van der Waals surface area contributed by atoms with E-state index in [-0.39, 0.29) is 17.3 Å². The molecule has 1 amide bonds. The molecule has 0 unspecified atom stereocenters. The highest BCUT2D eigenvalue weighted by Crippen LogP contribution is 2.13.